The van der Waals surface area contributed by atoms with Gasteiger partial charge in [-0.05, 0) is 17.7 Å². The molecule has 1 rings (SSSR count). The van der Waals surface area contributed by atoms with E-state index in [0.717, 1.165) is 4.31 Å². The van der Waals surface area contributed by atoms with E-state index in [2.05, 4.69) is 0 Å². The molecule has 1 aromatic rings. The molecule has 0 aliphatic rings. The molecule has 0 unspecified atom stereocenters. The summed E-state index contributed by atoms with van der Waals surface area (Å²) in [5.41, 5.74) is 6.10. The fraction of sp³-hybridized carbons (Fsp3) is 0.455. The van der Waals surface area contributed by atoms with Crippen LogP contribution in [-0.4, -0.2) is 49.2 Å². The zero-order valence-corrected chi connectivity index (χ0v) is 11.9. The molecule has 0 saturated carbocycles. The Bertz CT molecular complexity index is 515. The number of aliphatic hydroxyl groups is 2. The SMILES string of the molecule is NCc1ccc(S(=O)(=O)N(CCO)CCO)cc1Cl. The van der Waals surface area contributed by atoms with E-state index in [1.165, 1.54) is 12.1 Å². The minimum Gasteiger partial charge on any atom is -0.395 e. The van der Waals surface area contributed by atoms with Gasteiger partial charge in [0.05, 0.1) is 18.1 Å². The highest BCUT2D eigenvalue weighted by Gasteiger charge is 2.24. The summed E-state index contributed by atoms with van der Waals surface area (Å²) in [5.74, 6) is 0. The predicted molar refractivity (Wildman–Crippen MR) is 72.3 cm³/mol. The van der Waals surface area contributed by atoms with Gasteiger partial charge < -0.3 is 15.9 Å². The van der Waals surface area contributed by atoms with Gasteiger partial charge >= 0.3 is 0 Å². The standard InChI is InChI=1S/C11H17ClN2O4S/c12-11-7-10(2-1-9(11)8-13)19(17,18)14(3-5-15)4-6-16/h1-2,7,15-16H,3-6,8,13H2. The minimum atomic E-state index is -3.78. The van der Waals surface area contributed by atoms with Crippen LogP contribution in [0.1, 0.15) is 5.56 Å². The van der Waals surface area contributed by atoms with Gasteiger partial charge in [-0.2, -0.15) is 4.31 Å². The van der Waals surface area contributed by atoms with Crippen molar-refractivity contribution in [3.63, 3.8) is 0 Å². The maximum Gasteiger partial charge on any atom is 0.243 e. The quantitative estimate of drug-likeness (QED) is 0.646. The Labute approximate surface area is 117 Å². The Morgan fingerprint density at radius 2 is 1.79 bits per heavy atom. The average Bonchev–Trinajstić information content (AvgIpc) is 2.38. The molecule has 19 heavy (non-hydrogen) atoms. The summed E-state index contributed by atoms with van der Waals surface area (Å²) in [6.07, 6.45) is 0. The Kier molecular flexibility index (Phi) is 6.18. The molecule has 0 heterocycles. The lowest BCUT2D eigenvalue weighted by molar-refractivity contribution is 0.217. The number of hydrogen-bond donors (Lipinski definition) is 3. The van der Waals surface area contributed by atoms with Crippen molar-refractivity contribution in [3.05, 3.63) is 28.8 Å². The van der Waals surface area contributed by atoms with E-state index < -0.39 is 10.0 Å². The number of hydrogen-bond acceptors (Lipinski definition) is 5. The highest BCUT2D eigenvalue weighted by Crippen LogP contribution is 2.22. The Hall–Kier alpha value is -0.700. The van der Waals surface area contributed by atoms with Crippen LogP contribution in [0.5, 0.6) is 0 Å². The molecular formula is C11H17ClN2O4S. The number of nitrogens with zero attached hydrogens (tertiary/aromatic N) is 1. The molecular weight excluding hydrogens is 292 g/mol. The van der Waals surface area contributed by atoms with Gasteiger partial charge in [-0.15, -0.1) is 0 Å². The first-order valence-corrected chi connectivity index (χ1v) is 7.49. The van der Waals surface area contributed by atoms with Gasteiger partial charge in [0.15, 0.2) is 0 Å². The molecule has 6 nitrogen and oxygen atoms in total. The maximum absolute atomic E-state index is 12.3. The number of halogens is 1. The van der Waals surface area contributed by atoms with E-state index in [1.807, 2.05) is 0 Å². The molecule has 0 atom stereocenters. The Morgan fingerprint density at radius 3 is 2.21 bits per heavy atom. The van der Waals surface area contributed by atoms with Crippen LogP contribution in [0.25, 0.3) is 0 Å². The molecule has 0 aliphatic carbocycles. The van der Waals surface area contributed by atoms with Gasteiger partial charge in [-0.1, -0.05) is 17.7 Å². The van der Waals surface area contributed by atoms with E-state index >= 15 is 0 Å². The van der Waals surface area contributed by atoms with Crippen molar-refractivity contribution < 1.29 is 18.6 Å². The van der Waals surface area contributed by atoms with Gasteiger partial charge in [-0.25, -0.2) is 8.42 Å². The van der Waals surface area contributed by atoms with Crippen molar-refractivity contribution in [2.45, 2.75) is 11.4 Å². The molecule has 0 amide bonds. The lowest BCUT2D eigenvalue weighted by Crippen LogP contribution is -2.35. The van der Waals surface area contributed by atoms with E-state index in [4.69, 9.17) is 27.5 Å². The summed E-state index contributed by atoms with van der Waals surface area (Å²) >= 11 is 5.93. The molecule has 0 radical (unpaired) electrons. The van der Waals surface area contributed by atoms with Crippen LogP contribution >= 0.6 is 11.6 Å². The summed E-state index contributed by atoms with van der Waals surface area (Å²) in [7, 11) is -3.78. The molecule has 4 N–H and O–H groups in total. The van der Waals surface area contributed by atoms with Crippen LogP contribution in [-0.2, 0) is 16.6 Å². The zero-order chi connectivity index (χ0) is 14.5. The fourth-order valence-electron chi connectivity index (χ4n) is 1.58. The van der Waals surface area contributed by atoms with Crippen LogP contribution < -0.4 is 5.73 Å². The number of benzene rings is 1. The van der Waals surface area contributed by atoms with Gasteiger partial charge in [0.25, 0.3) is 0 Å². The summed E-state index contributed by atoms with van der Waals surface area (Å²) < 4.78 is 25.6. The number of sulfonamides is 1. The van der Waals surface area contributed by atoms with Crippen molar-refractivity contribution >= 4 is 21.6 Å². The van der Waals surface area contributed by atoms with Crippen molar-refractivity contribution in [2.75, 3.05) is 26.3 Å². The smallest absolute Gasteiger partial charge is 0.243 e. The third-order valence-electron chi connectivity index (χ3n) is 2.58. The van der Waals surface area contributed by atoms with Gasteiger partial charge in [0.1, 0.15) is 0 Å². The lowest BCUT2D eigenvalue weighted by Gasteiger charge is -2.20. The first-order chi connectivity index (χ1) is 8.97. The highest BCUT2D eigenvalue weighted by atomic mass is 35.5. The molecule has 0 bridgehead atoms. The Balaban J connectivity index is 3.14. The second-order valence-corrected chi connectivity index (χ2v) is 6.15. The molecule has 108 valence electrons. The summed E-state index contributed by atoms with van der Waals surface area (Å²) in [6, 6.07) is 4.28. The monoisotopic (exact) mass is 308 g/mol. The molecule has 0 spiro atoms. The second kappa shape index (κ2) is 7.18. The molecule has 0 aliphatic heterocycles. The molecule has 0 saturated heterocycles. The van der Waals surface area contributed by atoms with Crippen molar-refractivity contribution in [2.24, 2.45) is 5.73 Å². The van der Waals surface area contributed by atoms with Crippen molar-refractivity contribution in [1.29, 1.82) is 0 Å². The maximum atomic E-state index is 12.3. The van der Waals surface area contributed by atoms with Crippen LogP contribution in [0.4, 0.5) is 0 Å². The van der Waals surface area contributed by atoms with Gasteiger partial charge in [0, 0.05) is 24.7 Å². The molecule has 1 aromatic carbocycles. The van der Waals surface area contributed by atoms with Crippen LogP contribution in [0.3, 0.4) is 0 Å². The molecule has 0 aromatic heterocycles. The van der Waals surface area contributed by atoms with E-state index in [0.29, 0.717) is 5.56 Å². The first-order valence-electron chi connectivity index (χ1n) is 5.67. The number of nitrogens with two attached hydrogens (primary N) is 1. The second-order valence-electron chi connectivity index (χ2n) is 3.81. The van der Waals surface area contributed by atoms with Crippen molar-refractivity contribution in [1.82, 2.24) is 4.31 Å². The predicted octanol–water partition coefficient (Wildman–Crippen LogP) is -0.226. The van der Waals surface area contributed by atoms with E-state index in [1.54, 1.807) is 6.07 Å². The van der Waals surface area contributed by atoms with Crippen LogP contribution in [0.2, 0.25) is 5.02 Å². The van der Waals surface area contributed by atoms with Crippen molar-refractivity contribution in [3.8, 4) is 0 Å². The van der Waals surface area contributed by atoms with E-state index in [9.17, 15) is 8.42 Å². The van der Waals surface area contributed by atoms with Gasteiger partial charge in [0.2, 0.25) is 10.0 Å². The number of rotatable bonds is 7. The van der Waals surface area contributed by atoms with Crippen LogP contribution in [0.15, 0.2) is 23.1 Å². The topological polar surface area (TPSA) is 104 Å². The lowest BCUT2D eigenvalue weighted by atomic mass is 10.2. The summed E-state index contributed by atoms with van der Waals surface area (Å²) in [5, 5.41) is 18.0. The van der Waals surface area contributed by atoms with E-state index in [-0.39, 0.29) is 42.8 Å². The minimum absolute atomic E-state index is 0.0107. The largest absolute Gasteiger partial charge is 0.395 e. The zero-order valence-electron chi connectivity index (χ0n) is 10.3. The summed E-state index contributed by atoms with van der Waals surface area (Å²) in [4.78, 5) is 0.0107. The van der Waals surface area contributed by atoms with Crippen LogP contribution in [0, 0.1) is 0 Å². The average molecular weight is 309 g/mol. The molecule has 0 fully saturated rings. The Morgan fingerprint density at radius 1 is 1.21 bits per heavy atom. The normalized spacial score (nSPS) is 12.1. The highest BCUT2D eigenvalue weighted by molar-refractivity contribution is 7.89. The fourth-order valence-corrected chi connectivity index (χ4v) is 3.35. The van der Waals surface area contributed by atoms with Gasteiger partial charge in [-0.3, -0.25) is 0 Å². The third kappa shape index (κ3) is 3.88. The number of aliphatic hydroxyl groups excluding tert-OH is 2. The third-order valence-corrected chi connectivity index (χ3v) is 4.83. The first kappa shape index (κ1) is 16.4. The molecule has 8 heteroatoms. The summed E-state index contributed by atoms with van der Waals surface area (Å²) in [6.45, 7) is -0.601.